The third-order valence-corrected chi connectivity index (χ3v) is 5.24. The zero-order valence-corrected chi connectivity index (χ0v) is 15.7. The molecule has 1 N–H and O–H groups in total. The van der Waals surface area contributed by atoms with Crippen LogP contribution in [0, 0.1) is 10.1 Å². The van der Waals surface area contributed by atoms with Gasteiger partial charge in [0, 0.05) is 12.6 Å². The lowest BCUT2D eigenvalue weighted by atomic mass is 9.87. The monoisotopic (exact) mass is 378 g/mol. The Labute approximate surface area is 153 Å². The zero-order valence-electron chi connectivity index (χ0n) is 14.9. The van der Waals surface area contributed by atoms with Gasteiger partial charge in [0.05, 0.1) is 4.92 Å². The van der Waals surface area contributed by atoms with Crippen LogP contribution in [0.4, 0.5) is 5.69 Å². The van der Waals surface area contributed by atoms with Crippen LogP contribution >= 0.6 is 0 Å². The van der Waals surface area contributed by atoms with Crippen molar-refractivity contribution in [3.63, 3.8) is 0 Å². The Morgan fingerprint density at radius 1 is 1.08 bits per heavy atom. The third-order valence-electron chi connectivity index (χ3n) is 3.73. The lowest BCUT2D eigenvalue weighted by Crippen LogP contribution is -2.28. The number of ether oxygens (including phenoxy) is 1. The van der Waals surface area contributed by atoms with Crippen molar-refractivity contribution in [2.45, 2.75) is 31.1 Å². The highest BCUT2D eigenvalue weighted by atomic mass is 32.2. The summed E-state index contributed by atoms with van der Waals surface area (Å²) in [6, 6.07) is 12.8. The van der Waals surface area contributed by atoms with Crippen LogP contribution in [-0.2, 0) is 15.4 Å². The molecule has 8 heteroatoms. The highest BCUT2D eigenvalue weighted by Crippen LogP contribution is 2.24. The van der Waals surface area contributed by atoms with Crippen molar-refractivity contribution < 1.29 is 18.1 Å². The summed E-state index contributed by atoms with van der Waals surface area (Å²) in [5.74, 6) is 0.628. The van der Waals surface area contributed by atoms with Crippen LogP contribution in [-0.4, -0.2) is 26.5 Å². The summed E-state index contributed by atoms with van der Waals surface area (Å²) in [5.41, 5.74) is 0.749. The molecular weight excluding hydrogens is 356 g/mol. The molecule has 0 unspecified atom stereocenters. The fourth-order valence-corrected chi connectivity index (χ4v) is 3.49. The second-order valence-electron chi connectivity index (χ2n) is 6.75. The summed E-state index contributed by atoms with van der Waals surface area (Å²) >= 11 is 0. The van der Waals surface area contributed by atoms with Gasteiger partial charge in [-0.3, -0.25) is 10.1 Å². The van der Waals surface area contributed by atoms with Crippen LogP contribution in [0.3, 0.4) is 0 Å². The Kier molecular flexibility index (Phi) is 5.99. The number of sulfonamides is 1. The fraction of sp³-hybridized carbons (Fsp3) is 0.333. The average Bonchev–Trinajstić information content (AvgIpc) is 2.58. The Bertz CT molecular complexity index is 871. The third kappa shape index (κ3) is 5.03. The summed E-state index contributed by atoms with van der Waals surface area (Å²) in [6.07, 6.45) is 0. The van der Waals surface area contributed by atoms with Crippen molar-refractivity contribution in [1.82, 2.24) is 4.72 Å². The number of nitrogens with one attached hydrogen (secondary N) is 1. The van der Waals surface area contributed by atoms with Gasteiger partial charge in [-0.2, -0.15) is 0 Å². The number of hydrogen-bond acceptors (Lipinski definition) is 5. The van der Waals surface area contributed by atoms with Gasteiger partial charge in [0.1, 0.15) is 12.4 Å². The standard InChI is InChI=1S/C18H22N2O5S/c1-18(2,3)14-8-10-15(11-9-14)25-13-12-19-26(23,24)17-7-5-4-6-16(17)20(21)22/h4-11,19H,12-13H2,1-3H3. The topological polar surface area (TPSA) is 98.5 Å². The summed E-state index contributed by atoms with van der Waals surface area (Å²) in [7, 11) is -3.99. The summed E-state index contributed by atoms with van der Waals surface area (Å²) in [5, 5.41) is 11.0. The smallest absolute Gasteiger partial charge is 0.289 e. The number of rotatable bonds is 7. The molecule has 0 heterocycles. The first-order valence-electron chi connectivity index (χ1n) is 8.08. The molecule has 7 nitrogen and oxygen atoms in total. The molecule has 0 spiro atoms. The molecule has 0 amide bonds. The quantitative estimate of drug-likeness (QED) is 0.453. The second-order valence-corrected chi connectivity index (χ2v) is 8.48. The van der Waals surface area contributed by atoms with E-state index in [2.05, 4.69) is 25.5 Å². The van der Waals surface area contributed by atoms with E-state index in [1.807, 2.05) is 24.3 Å². The SMILES string of the molecule is CC(C)(C)c1ccc(OCCNS(=O)(=O)c2ccccc2[N+](=O)[O-])cc1. The Morgan fingerprint density at radius 2 is 1.69 bits per heavy atom. The zero-order chi connectivity index (χ0) is 19.4. The number of nitrogens with zero attached hydrogens (tertiary/aromatic N) is 1. The second kappa shape index (κ2) is 7.84. The normalized spacial score (nSPS) is 12.0. The summed E-state index contributed by atoms with van der Waals surface area (Å²) in [6.45, 7) is 6.44. The van der Waals surface area contributed by atoms with Gasteiger partial charge in [-0.15, -0.1) is 0 Å². The van der Waals surface area contributed by atoms with E-state index in [9.17, 15) is 18.5 Å². The van der Waals surface area contributed by atoms with Crippen LogP contribution in [0.1, 0.15) is 26.3 Å². The lowest BCUT2D eigenvalue weighted by Gasteiger charge is -2.19. The van der Waals surface area contributed by atoms with E-state index < -0.39 is 20.6 Å². The van der Waals surface area contributed by atoms with E-state index in [1.165, 1.54) is 23.8 Å². The first-order chi connectivity index (χ1) is 12.1. The maximum atomic E-state index is 12.3. The molecule has 0 atom stereocenters. The van der Waals surface area contributed by atoms with Gasteiger partial charge in [-0.25, -0.2) is 13.1 Å². The summed E-state index contributed by atoms with van der Waals surface area (Å²) < 4.78 is 32.3. The van der Waals surface area contributed by atoms with Crippen LogP contribution in [0.25, 0.3) is 0 Å². The molecule has 2 aromatic carbocycles. The average molecular weight is 378 g/mol. The molecule has 0 fully saturated rings. The molecule has 0 saturated carbocycles. The number of hydrogen-bond donors (Lipinski definition) is 1. The van der Waals surface area contributed by atoms with Gasteiger partial charge in [0.25, 0.3) is 5.69 Å². The Morgan fingerprint density at radius 3 is 2.27 bits per heavy atom. The highest BCUT2D eigenvalue weighted by Gasteiger charge is 2.24. The molecular formula is C18H22N2O5S. The number of nitro groups is 1. The summed E-state index contributed by atoms with van der Waals surface area (Å²) in [4.78, 5) is 9.89. The van der Waals surface area contributed by atoms with Gasteiger partial charge in [0.2, 0.25) is 10.0 Å². The van der Waals surface area contributed by atoms with Gasteiger partial charge in [-0.05, 0) is 29.2 Å². The first kappa shape index (κ1) is 19.9. The van der Waals surface area contributed by atoms with E-state index >= 15 is 0 Å². The Hall–Kier alpha value is -2.45. The molecule has 2 rings (SSSR count). The molecule has 26 heavy (non-hydrogen) atoms. The highest BCUT2D eigenvalue weighted by molar-refractivity contribution is 7.89. The van der Waals surface area contributed by atoms with Crippen molar-refractivity contribution in [3.05, 3.63) is 64.2 Å². The van der Waals surface area contributed by atoms with Gasteiger partial charge < -0.3 is 4.74 Å². The minimum atomic E-state index is -3.99. The molecule has 0 radical (unpaired) electrons. The number of para-hydroxylation sites is 1. The molecule has 0 aliphatic rings. The predicted octanol–water partition coefficient (Wildman–Crippen LogP) is 3.25. The van der Waals surface area contributed by atoms with E-state index in [0.717, 1.165) is 6.07 Å². The van der Waals surface area contributed by atoms with Crippen LogP contribution in [0.15, 0.2) is 53.4 Å². The van der Waals surface area contributed by atoms with Crippen molar-refractivity contribution in [2.75, 3.05) is 13.2 Å². The molecule has 0 saturated heterocycles. The fourth-order valence-electron chi connectivity index (χ4n) is 2.31. The van der Waals surface area contributed by atoms with E-state index in [4.69, 9.17) is 4.74 Å². The van der Waals surface area contributed by atoms with Crippen LogP contribution in [0.2, 0.25) is 0 Å². The molecule has 0 bridgehead atoms. The van der Waals surface area contributed by atoms with E-state index in [1.54, 1.807) is 0 Å². The van der Waals surface area contributed by atoms with Crippen molar-refractivity contribution in [3.8, 4) is 5.75 Å². The number of nitro benzene ring substituents is 1. The van der Waals surface area contributed by atoms with Gasteiger partial charge in [-0.1, -0.05) is 45.0 Å². The van der Waals surface area contributed by atoms with Crippen molar-refractivity contribution >= 4 is 15.7 Å². The lowest BCUT2D eigenvalue weighted by molar-refractivity contribution is -0.387. The van der Waals surface area contributed by atoms with E-state index in [-0.39, 0.29) is 23.5 Å². The largest absolute Gasteiger partial charge is 0.492 e. The first-order valence-corrected chi connectivity index (χ1v) is 9.56. The van der Waals surface area contributed by atoms with Gasteiger partial charge >= 0.3 is 0 Å². The predicted molar refractivity (Wildman–Crippen MR) is 98.9 cm³/mol. The molecule has 0 aliphatic carbocycles. The molecule has 140 valence electrons. The van der Waals surface area contributed by atoms with Crippen LogP contribution < -0.4 is 9.46 Å². The van der Waals surface area contributed by atoms with Crippen LogP contribution in [0.5, 0.6) is 5.75 Å². The van der Waals surface area contributed by atoms with Crippen molar-refractivity contribution in [1.29, 1.82) is 0 Å². The minimum absolute atomic E-state index is 0.00456. The molecule has 0 aliphatic heterocycles. The Balaban J connectivity index is 1.94. The maximum absolute atomic E-state index is 12.3. The minimum Gasteiger partial charge on any atom is -0.492 e. The molecule has 2 aromatic rings. The molecule has 0 aromatic heterocycles. The van der Waals surface area contributed by atoms with Crippen molar-refractivity contribution in [2.24, 2.45) is 0 Å². The van der Waals surface area contributed by atoms with E-state index in [0.29, 0.717) is 5.75 Å². The maximum Gasteiger partial charge on any atom is 0.289 e. The van der Waals surface area contributed by atoms with Gasteiger partial charge in [0.15, 0.2) is 4.90 Å². The number of benzene rings is 2.